The lowest BCUT2D eigenvalue weighted by molar-refractivity contribution is 0.0422. The summed E-state index contributed by atoms with van der Waals surface area (Å²) in [6.07, 6.45) is 6.16. The molecule has 0 bridgehead atoms. The minimum absolute atomic E-state index is 0.0916. The van der Waals surface area contributed by atoms with Crippen molar-refractivity contribution in [1.82, 2.24) is 4.90 Å². The maximum atomic E-state index is 12.4. The molecule has 0 aromatic heterocycles. The fraction of sp³-hybridized carbons (Fsp3) is 0.533. The number of carbonyl (C=O) groups is 1. The Kier molecular flexibility index (Phi) is 2.46. The number of hydrogen-bond donors (Lipinski definition) is 0. The minimum atomic E-state index is 0.0916. The molecule has 0 unspecified atom stereocenters. The van der Waals surface area contributed by atoms with Gasteiger partial charge in [-0.1, -0.05) is 37.5 Å². The van der Waals surface area contributed by atoms with Gasteiger partial charge in [-0.3, -0.25) is 4.79 Å². The van der Waals surface area contributed by atoms with Crippen molar-refractivity contribution >= 4 is 5.91 Å². The van der Waals surface area contributed by atoms with Crippen LogP contribution in [0.3, 0.4) is 0 Å². The first-order chi connectivity index (χ1) is 8.21. The summed E-state index contributed by atoms with van der Waals surface area (Å²) < 4.78 is 0. The van der Waals surface area contributed by atoms with E-state index in [1.165, 1.54) is 24.8 Å². The minimum Gasteiger partial charge on any atom is -0.329 e. The molecule has 3 rings (SSSR count). The Bertz CT molecular complexity index is 446. The molecule has 1 aromatic carbocycles. The molecule has 1 aliphatic carbocycles. The van der Waals surface area contributed by atoms with Crippen molar-refractivity contribution in [3.63, 3.8) is 0 Å². The Morgan fingerprint density at radius 3 is 2.53 bits per heavy atom. The van der Waals surface area contributed by atoms with Crippen LogP contribution < -0.4 is 0 Å². The summed E-state index contributed by atoms with van der Waals surface area (Å²) in [5.74, 6) is 0.241. The topological polar surface area (TPSA) is 20.3 Å². The summed E-state index contributed by atoms with van der Waals surface area (Å²) >= 11 is 0. The Morgan fingerprint density at radius 2 is 1.82 bits per heavy atom. The number of amides is 1. The Morgan fingerprint density at radius 1 is 1.12 bits per heavy atom. The first kappa shape index (κ1) is 10.8. The molecule has 0 radical (unpaired) electrons. The molecule has 1 amide bonds. The number of benzene rings is 1. The Balaban J connectivity index is 1.90. The normalized spacial score (nSPS) is 22.6. The van der Waals surface area contributed by atoms with Crippen LogP contribution in [0.4, 0.5) is 0 Å². The standard InChI is InChI=1S/C15H19NO/c1-15(9-5-2-6-10-15)16-11-12-7-3-4-8-13(12)14(16)17/h3-4,7-8H,2,5-6,9-11H2,1H3. The van der Waals surface area contributed by atoms with Gasteiger partial charge in [-0.2, -0.15) is 0 Å². The van der Waals surface area contributed by atoms with E-state index in [-0.39, 0.29) is 11.4 Å². The molecule has 0 atom stereocenters. The second-order valence-electron chi connectivity index (χ2n) is 5.61. The number of hydrogen-bond acceptors (Lipinski definition) is 1. The van der Waals surface area contributed by atoms with Gasteiger partial charge in [-0.15, -0.1) is 0 Å². The van der Waals surface area contributed by atoms with Crippen LogP contribution in [0.25, 0.3) is 0 Å². The lowest BCUT2D eigenvalue weighted by Gasteiger charge is -2.41. The molecule has 1 fully saturated rings. The highest BCUT2D eigenvalue weighted by atomic mass is 16.2. The maximum absolute atomic E-state index is 12.4. The van der Waals surface area contributed by atoms with E-state index in [9.17, 15) is 4.79 Å². The third kappa shape index (κ3) is 1.67. The van der Waals surface area contributed by atoms with Crippen molar-refractivity contribution in [3.05, 3.63) is 35.4 Å². The average molecular weight is 229 g/mol. The van der Waals surface area contributed by atoms with Gasteiger partial charge in [0.25, 0.3) is 5.91 Å². The van der Waals surface area contributed by atoms with E-state index >= 15 is 0 Å². The predicted octanol–water partition coefficient (Wildman–Crippen LogP) is 3.37. The molecule has 2 heteroatoms. The van der Waals surface area contributed by atoms with Gasteiger partial charge in [0, 0.05) is 17.6 Å². The van der Waals surface area contributed by atoms with Crippen LogP contribution in [0, 0.1) is 0 Å². The number of rotatable bonds is 1. The van der Waals surface area contributed by atoms with Crippen LogP contribution in [0.2, 0.25) is 0 Å². The largest absolute Gasteiger partial charge is 0.329 e. The van der Waals surface area contributed by atoms with Crippen molar-refractivity contribution in [2.45, 2.75) is 51.1 Å². The van der Waals surface area contributed by atoms with E-state index < -0.39 is 0 Å². The van der Waals surface area contributed by atoms with E-state index in [2.05, 4.69) is 17.9 Å². The van der Waals surface area contributed by atoms with Gasteiger partial charge in [0.15, 0.2) is 0 Å². The molecule has 2 aliphatic rings. The summed E-state index contributed by atoms with van der Waals surface area (Å²) in [5, 5.41) is 0. The Hall–Kier alpha value is -1.31. The fourth-order valence-electron chi connectivity index (χ4n) is 3.27. The van der Waals surface area contributed by atoms with Crippen molar-refractivity contribution < 1.29 is 4.79 Å². The van der Waals surface area contributed by atoms with E-state index in [1.807, 2.05) is 18.2 Å². The van der Waals surface area contributed by atoms with Crippen LogP contribution in [-0.4, -0.2) is 16.3 Å². The number of nitrogens with zero attached hydrogens (tertiary/aromatic N) is 1. The van der Waals surface area contributed by atoms with Gasteiger partial charge in [-0.25, -0.2) is 0 Å². The summed E-state index contributed by atoms with van der Waals surface area (Å²) in [7, 11) is 0. The lowest BCUT2D eigenvalue weighted by atomic mass is 9.82. The first-order valence-electron chi connectivity index (χ1n) is 6.61. The molecule has 1 aromatic rings. The average Bonchev–Trinajstić information content (AvgIpc) is 2.69. The van der Waals surface area contributed by atoms with Crippen molar-refractivity contribution in [3.8, 4) is 0 Å². The van der Waals surface area contributed by atoms with Gasteiger partial charge >= 0.3 is 0 Å². The van der Waals surface area contributed by atoms with Crippen LogP contribution in [0.15, 0.2) is 24.3 Å². The highest BCUT2D eigenvalue weighted by Crippen LogP contribution is 2.38. The molecular formula is C15H19NO. The summed E-state index contributed by atoms with van der Waals surface area (Å²) in [6, 6.07) is 8.03. The van der Waals surface area contributed by atoms with Crippen LogP contribution >= 0.6 is 0 Å². The quantitative estimate of drug-likeness (QED) is 0.723. The summed E-state index contributed by atoms with van der Waals surface area (Å²) in [6.45, 7) is 3.07. The molecule has 0 N–H and O–H groups in total. The van der Waals surface area contributed by atoms with E-state index in [0.29, 0.717) is 0 Å². The van der Waals surface area contributed by atoms with Crippen LogP contribution in [0.5, 0.6) is 0 Å². The molecule has 2 nitrogen and oxygen atoms in total. The highest BCUT2D eigenvalue weighted by Gasteiger charge is 2.40. The van der Waals surface area contributed by atoms with E-state index in [4.69, 9.17) is 0 Å². The lowest BCUT2D eigenvalue weighted by Crippen LogP contribution is -2.47. The van der Waals surface area contributed by atoms with Crippen molar-refractivity contribution in [1.29, 1.82) is 0 Å². The van der Waals surface area contributed by atoms with Gasteiger partial charge in [0.2, 0.25) is 0 Å². The van der Waals surface area contributed by atoms with Crippen molar-refractivity contribution in [2.24, 2.45) is 0 Å². The SMILES string of the molecule is CC1(N2Cc3ccccc3C2=O)CCCCC1. The maximum Gasteiger partial charge on any atom is 0.254 e. The van der Waals surface area contributed by atoms with Crippen LogP contribution in [-0.2, 0) is 6.54 Å². The van der Waals surface area contributed by atoms with Gasteiger partial charge < -0.3 is 4.90 Å². The molecule has 1 saturated carbocycles. The monoisotopic (exact) mass is 229 g/mol. The zero-order chi connectivity index (χ0) is 11.9. The third-order valence-corrected chi connectivity index (χ3v) is 4.40. The zero-order valence-corrected chi connectivity index (χ0v) is 10.4. The van der Waals surface area contributed by atoms with E-state index in [0.717, 1.165) is 24.9 Å². The molecule has 17 heavy (non-hydrogen) atoms. The molecular weight excluding hydrogens is 210 g/mol. The molecule has 1 heterocycles. The summed E-state index contributed by atoms with van der Waals surface area (Å²) in [5.41, 5.74) is 2.21. The number of fused-ring (bicyclic) bond motifs is 1. The second kappa shape index (κ2) is 3.86. The molecule has 1 aliphatic heterocycles. The third-order valence-electron chi connectivity index (χ3n) is 4.40. The van der Waals surface area contributed by atoms with Crippen LogP contribution in [0.1, 0.15) is 54.9 Å². The first-order valence-corrected chi connectivity index (χ1v) is 6.61. The van der Waals surface area contributed by atoms with Gasteiger partial charge in [-0.05, 0) is 31.4 Å². The second-order valence-corrected chi connectivity index (χ2v) is 5.61. The smallest absolute Gasteiger partial charge is 0.254 e. The Labute approximate surface area is 103 Å². The van der Waals surface area contributed by atoms with Gasteiger partial charge in [0.1, 0.15) is 0 Å². The fourth-order valence-corrected chi connectivity index (χ4v) is 3.27. The highest BCUT2D eigenvalue weighted by molar-refractivity contribution is 5.98. The van der Waals surface area contributed by atoms with Gasteiger partial charge in [0.05, 0.1) is 0 Å². The number of carbonyl (C=O) groups excluding carboxylic acids is 1. The molecule has 90 valence electrons. The predicted molar refractivity (Wildman–Crippen MR) is 67.8 cm³/mol. The molecule has 0 saturated heterocycles. The van der Waals surface area contributed by atoms with E-state index in [1.54, 1.807) is 0 Å². The summed E-state index contributed by atoms with van der Waals surface area (Å²) in [4.78, 5) is 14.5. The zero-order valence-electron chi connectivity index (χ0n) is 10.4. The van der Waals surface area contributed by atoms with Crippen molar-refractivity contribution in [2.75, 3.05) is 0 Å². The molecule has 0 spiro atoms.